The first kappa shape index (κ1) is 17.4. The van der Waals surface area contributed by atoms with Crippen LogP contribution in [0.25, 0.3) is 11.4 Å². The van der Waals surface area contributed by atoms with Gasteiger partial charge in [-0.05, 0) is 23.8 Å². The molecular formula is C17H14F3N5O2. The molecule has 27 heavy (non-hydrogen) atoms. The Hall–Kier alpha value is -3.01. The average Bonchev–Trinajstić information content (AvgIpc) is 3.20. The number of alkyl halides is 3. The molecule has 0 aliphatic carbocycles. The van der Waals surface area contributed by atoms with E-state index in [0.29, 0.717) is 31.1 Å². The summed E-state index contributed by atoms with van der Waals surface area (Å²) in [5.74, 6) is -0.867. The lowest BCUT2D eigenvalue weighted by Crippen LogP contribution is -2.40. The Bertz CT molecular complexity index is 899. The van der Waals surface area contributed by atoms with E-state index in [1.165, 1.54) is 6.20 Å². The van der Waals surface area contributed by atoms with Gasteiger partial charge in [0.1, 0.15) is 5.82 Å². The molecule has 1 atom stereocenters. The highest BCUT2D eigenvalue weighted by molar-refractivity contribution is 5.56. The van der Waals surface area contributed by atoms with Gasteiger partial charge in [0.25, 0.3) is 0 Å². The Balaban J connectivity index is 1.58. The van der Waals surface area contributed by atoms with E-state index in [4.69, 9.17) is 4.74 Å². The Kier molecular flexibility index (Phi) is 4.48. The summed E-state index contributed by atoms with van der Waals surface area (Å²) in [6, 6.07) is 7.10. The normalized spacial score (nSPS) is 17.9. The van der Waals surface area contributed by atoms with E-state index >= 15 is 0 Å². The fourth-order valence-corrected chi connectivity index (χ4v) is 2.87. The van der Waals surface area contributed by atoms with Crippen LogP contribution in [0.4, 0.5) is 19.0 Å². The van der Waals surface area contributed by atoms with E-state index in [1.807, 2.05) is 12.1 Å². The summed E-state index contributed by atoms with van der Waals surface area (Å²) in [5, 5.41) is 3.37. The van der Waals surface area contributed by atoms with Crippen molar-refractivity contribution < 1.29 is 22.4 Å². The topological polar surface area (TPSA) is 77.2 Å². The van der Waals surface area contributed by atoms with Crippen LogP contribution in [0, 0.1) is 0 Å². The van der Waals surface area contributed by atoms with Gasteiger partial charge in [-0.2, -0.15) is 18.2 Å². The molecule has 0 spiro atoms. The van der Waals surface area contributed by atoms with Crippen LogP contribution in [-0.4, -0.2) is 39.9 Å². The van der Waals surface area contributed by atoms with E-state index in [0.717, 1.165) is 5.56 Å². The number of rotatable bonds is 3. The molecule has 0 bridgehead atoms. The minimum atomic E-state index is -4.68. The van der Waals surface area contributed by atoms with Crippen molar-refractivity contribution in [2.45, 2.75) is 12.2 Å². The lowest BCUT2D eigenvalue weighted by molar-refractivity contribution is -0.159. The van der Waals surface area contributed by atoms with Crippen LogP contribution in [0.3, 0.4) is 0 Å². The van der Waals surface area contributed by atoms with Crippen molar-refractivity contribution in [2.24, 2.45) is 0 Å². The maximum atomic E-state index is 12.6. The van der Waals surface area contributed by atoms with E-state index in [2.05, 4.69) is 29.5 Å². The number of morpholine rings is 1. The number of anilines is 1. The second-order valence-electron chi connectivity index (χ2n) is 5.90. The number of aromatic nitrogens is 4. The fourth-order valence-electron chi connectivity index (χ4n) is 2.87. The number of ether oxygens (including phenoxy) is 1. The summed E-state index contributed by atoms with van der Waals surface area (Å²) >= 11 is 0. The van der Waals surface area contributed by atoms with Crippen molar-refractivity contribution in [3.8, 4) is 11.4 Å². The van der Waals surface area contributed by atoms with Crippen LogP contribution in [0.2, 0.25) is 0 Å². The van der Waals surface area contributed by atoms with Gasteiger partial charge in [0.15, 0.2) is 0 Å². The molecule has 3 aromatic rings. The molecule has 0 saturated carbocycles. The summed E-state index contributed by atoms with van der Waals surface area (Å²) in [6.07, 6.45) is 0.225. The van der Waals surface area contributed by atoms with Crippen molar-refractivity contribution in [1.82, 2.24) is 20.1 Å². The molecule has 1 fully saturated rings. The SMILES string of the molecule is FC(F)(F)c1nc(-c2ccc(N3CCOCC3c3cccnc3)nc2)no1. The predicted molar refractivity (Wildman–Crippen MR) is 87.7 cm³/mol. The third-order valence-corrected chi connectivity index (χ3v) is 4.17. The van der Waals surface area contributed by atoms with Gasteiger partial charge in [-0.1, -0.05) is 11.2 Å². The fraction of sp³-hybridized carbons (Fsp3) is 0.294. The zero-order valence-corrected chi connectivity index (χ0v) is 13.9. The third kappa shape index (κ3) is 3.61. The summed E-state index contributed by atoms with van der Waals surface area (Å²) in [6.45, 7) is 1.68. The summed E-state index contributed by atoms with van der Waals surface area (Å²) < 4.78 is 47.6. The van der Waals surface area contributed by atoms with Gasteiger partial charge in [-0.15, -0.1) is 0 Å². The molecule has 3 aromatic heterocycles. The molecule has 0 aromatic carbocycles. The first-order chi connectivity index (χ1) is 13.0. The summed E-state index contributed by atoms with van der Waals surface area (Å²) in [7, 11) is 0. The van der Waals surface area contributed by atoms with Crippen molar-refractivity contribution >= 4 is 5.82 Å². The highest BCUT2D eigenvalue weighted by Gasteiger charge is 2.38. The molecule has 4 heterocycles. The Morgan fingerprint density at radius 2 is 2.04 bits per heavy atom. The maximum Gasteiger partial charge on any atom is 0.471 e. The Morgan fingerprint density at radius 1 is 1.15 bits per heavy atom. The van der Waals surface area contributed by atoms with Crippen molar-refractivity contribution in [2.75, 3.05) is 24.7 Å². The molecular weight excluding hydrogens is 363 g/mol. The van der Waals surface area contributed by atoms with E-state index in [-0.39, 0.29) is 11.9 Å². The van der Waals surface area contributed by atoms with E-state index in [1.54, 1.807) is 24.5 Å². The van der Waals surface area contributed by atoms with Crippen molar-refractivity contribution in [1.29, 1.82) is 0 Å². The number of pyridine rings is 2. The standard InChI is InChI=1S/C17H14F3N5O2/c18-17(19,20)16-23-15(24-27-16)12-3-4-14(22-9-12)25-6-7-26-10-13(25)11-2-1-5-21-8-11/h1-5,8-9,13H,6-7,10H2. The number of nitrogens with zero attached hydrogens (tertiary/aromatic N) is 5. The molecule has 4 rings (SSSR count). The smallest absolute Gasteiger partial charge is 0.377 e. The number of hydrogen-bond donors (Lipinski definition) is 0. The largest absolute Gasteiger partial charge is 0.471 e. The van der Waals surface area contributed by atoms with Gasteiger partial charge in [0.05, 0.1) is 19.3 Å². The van der Waals surface area contributed by atoms with Crippen LogP contribution in [0.15, 0.2) is 47.4 Å². The van der Waals surface area contributed by atoms with Crippen LogP contribution < -0.4 is 4.90 Å². The molecule has 0 N–H and O–H groups in total. The lowest BCUT2D eigenvalue weighted by atomic mass is 10.1. The minimum absolute atomic E-state index is 0.0483. The van der Waals surface area contributed by atoms with Crippen LogP contribution in [0.5, 0.6) is 0 Å². The zero-order chi connectivity index (χ0) is 18.9. The Labute approximate surface area is 151 Å². The minimum Gasteiger partial charge on any atom is -0.377 e. The van der Waals surface area contributed by atoms with E-state index in [9.17, 15) is 13.2 Å². The molecule has 7 nitrogen and oxygen atoms in total. The summed E-state index contributed by atoms with van der Waals surface area (Å²) in [5.41, 5.74) is 1.33. The average molecular weight is 377 g/mol. The first-order valence-electron chi connectivity index (χ1n) is 8.14. The van der Waals surface area contributed by atoms with Gasteiger partial charge in [0.2, 0.25) is 5.82 Å². The van der Waals surface area contributed by atoms with Crippen molar-refractivity contribution in [3.63, 3.8) is 0 Å². The quantitative estimate of drug-likeness (QED) is 0.694. The third-order valence-electron chi connectivity index (χ3n) is 4.17. The molecule has 10 heteroatoms. The zero-order valence-electron chi connectivity index (χ0n) is 13.9. The first-order valence-corrected chi connectivity index (χ1v) is 8.14. The molecule has 0 radical (unpaired) electrons. The summed E-state index contributed by atoms with van der Waals surface area (Å²) in [4.78, 5) is 14.0. The van der Waals surface area contributed by atoms with E-state index < -0.39 is 12.1 Å². The molecule has 1 aliphatic rings. The molecule has 1 unspecified atom stereocenters. The molecule has 0 amide bonds. The van der Waals surface area contributed by atoms with Crippen LogP contribution in [0.1, 0.15) is 17.5 Å². The Morgan fingerprint density at radius 3 is 2.70 bits per heavy atom. The molecule has 140 valence electrons. The van der Waals surface area contributed by atoms with Gasteiger partial charge in [-0.25, -0.2) is 4.98 Å². The van der Waals surface area contributed by atoms with Crippen molar-refractivity contribution in [3.05, 3.63) is 54.3 Å². The van der Waals surface area contributed by atoms with Gasteiger partial charge < -0.3 is 14.2 Å². The van der Waals surface area contributed by atoms with Gasteiger partial charge >= 0.3 is 12.1 Å². The second kappa shape index (κ2) is 6.95. The highest BCUT2D eigenvalue weighted by Crippen LogP contribution is 2.31. The highest BCUT2D eigenvalue weighted by atomic mass is 19.4. The van der Waals surface area contributed by atoms with Gasteiger partial charge in [-0.3, -0.25) is 4.98 Å². The number of halogens is 3. The molecule has 1 aliphatic heterocycles. The monoisotopic (exact) mass is 377 g/mol. The van der Waals surface area contributed by atoms with Gasteiger partial charge in [0, 0.05) is 30.7 Å². The van der Waals surface area contributed by atoms with Crippen LogP contribution in [-0.2, 0) is 10.9 Å². The van der Waals surface area contributed by atoms with Crippen LogP contribution >= 0.6 is 0 Å². The predicted octanol–water partition coefficient (Wildman–Crippen LogP) is 3.12. The maximum absolute atomic E-state index is 12.6. The molecule has 1 saturated heterocycles. The number of hydrogen-bond acceptors (Lipinski definition) is 7. The lowest BCUT2D eigenvalue weighted by Gasteiger charge is -2.36. The second-order valence-corrected chi connectivity index (χ2v) is 5.90.